The molecule has 4 rings (SSSR count). The van der Waals surface area contributed by atoms with Crippen molar-refractivity contribution in [3.8, 4) is 11.5 Å². The number of aromatic nitrogens is 1. The molecule has 0 saturated heterocycles. The maximum atomic E-state index is 13.0. The highest BCUT2D eigenvalue weighted by molar-refractivity contribution is 5.99. The van der Waals surface area contributed by atoms with Crippen molar-refractivity contribution in [3.63, 3.8) is 0 Å². The van der Waals surface area contributed by atoms with Crippen LogP contribution in [0, 0.1) is 13.8 Å². The minimum Gasteiger partial charge on any atom is -0.454 e. The molecule has 2 aromatic carbocycles. The average molecular weight is 390 g/mol. The van der Waals surface area contributed by atoms with Gasteiger partial charge in [0, 0.05) is 30.0 Å². The molecule has 29 heavy (non-hydrogen) atoms. The normalized spacial score (nSPS) is 12.6. The molecule has 0 radical (unpaired) electrons. The van der Waals surface area contributed by atoms with Crippen LogP contribution in [-0.2, 0) is 13.1 Å². The summed E-state index contributed by atoms with van der Waals surface area (Å²) in [7, 11) is 1.96. The van der Waals surface area contributed by atoms with Crippen molar-refractivity contribution in [3.05, 3.63) is 82.7 Å². The monoisotopic (exact) mass is 390 g/mol. The SMILES string of the molecule is Cc1cc(C(=O)CN(C)Cc2ccc3c(c2)OCO3)c(C)n1Cc1ccccc1. The number of likely N-dealkylation sites (N-methyl/N-ethyl adjacent to an activating group) is 1. The van der Waals surface area contributed by atoms with Gasteiger partial charge in [0.05, 0.1) is 6.54 Å². The van der Waals surface area contributed by atoms with Crippen LogP contribution in [0.4, 0.5) is 0 Å². The van der Waals surface area contributed by atoms with Gasteiger partial charge in [0.25, 0.3) is 0 Å². The van der Waals surface area contributed by atoms with Crippen molar-refractivity contribution in [1.82, 2.24) is 9.47 Å². The van der Waals surface area contributed by atoms with E-state index in [9.17, 15) is 4.79 Å². The smallest absolute Gasteiger partial charge is 0.231 e. The zero-order valence-electron chi connectivity index (χ0n) is 17.1. The molecule has 1 aromatic heterocycles. The molecule has 0 bridgehead atoms. The fourth-order valence-electron chi connectivity index (χ4n) is 3.83. The van der Waals surface area contributed by atoms with Crippen LogP contribution in [0.25, 0.3) is 0 Å². The van der Waals surface area contributed by atoms with Crippen molar-refractivity contribution in [2.45, 2.75) is 26.9 Å². The molecule has 150 valence electrons. The summed E-state index contributed by atoms with van der Waals surface area (Å²) in [5, 5.41) is 0. The number of fused-ring (bicyclic) bond motifs is 1. The van der Waals surface area contributed by atoms with E-state index in [4.69, 9.17) is 9.47 Å². The van der Waals surface area contributed by atoms with E-state index in [1.165, 1.54) is 5.56 Å². The van der Waals surface area contributed by atoms with E-state index in [1.54, 1.807) is 0 Å². The topological polar surface area (TPSA) is 43.7 Å². The number of carbonyl (C=O) groups excluding carboxylic acids is 1. The maximum Gasteiger partial charge on any atom is 0.231 e. The Bertz CT molecular complexity index is 1020. The summed E-state index contributed by atoms with van der Waals surface area (Å²) in [6.07, 6.45) is 0. The molecule has 1 aliphatic rings. The molecule has 0 spiro atoms. The molecule has 5 heteroatoms. The number of hydrogen-bond donors (Lipinski definition) is 0. The molecule has 0 N–H and O–H groups in total. The second-order valence-electron chi connectivity index (χ2n) is 7.64. The summed E-state index contributed by atoms with van der Waals surface area (Å²) in [6, 6.07) is 18.2. The summed E-state index contributed by atoms with van der Waals surface area (Å²) in [4.78, 5) is 15.0. The molecule has 0 saturated carbocycles. The fraction of sp³-hybridized carbons (Fsp3) is 0.292. The van der Waals surface area contributed by atoms with Gasteiger partial charge in [0.1, 0.15) is 0 Å². The van der Waals surface area contributed by atoms with Crippen LogP contribution < -0.4 is 9.47 Å². The molecule has 2 heterocycles. The first-order valence-corrected chi connectivity index (χ1v) is 9.82. The lowest BCUT2D eigenvalue weighted by Gasteiger charge is -2.16. The second-order valence-corrected chi connectivity index (χ2v) is 7.64. The largest absolute Gasteiger partial charge is 0.454 e. The summed E-state index contributed by atoms with van der Waals surface area (Å²) >= 11 is 0. The van der Waals surface area contributed by atoms with Crippen LogP contribution in [0.1, 0.15) is 32.9 Å². The Labute approximate surface area is 171 Å². The number of Topliss-reactive ketones (excluding diaryl/α,β-unsaturated/α-hetero) is 1. The lowest BCUT2D eigenvalue weighted by molar-refractivity contribution is 0.0942. The van der Waals surface area contributed by atoms with Crippen LogP contribution in [0.3, 0.4) is 0 Å². The van der Waals surface area contributed by atoms with Gasteiger partial charge < -0.3 is 14.0 Å². The third-order valence-electron chi connectivity index (χ3n) is 5.36. The van der Waals surface area contributed by atoms with Gasteiger partial charge in [-0.15, -0.1) is 0 Å². The molecule has 5 nitrogen and oxygen atoms in total. The molecule has 0 fully saturated rings. The minimum absolute atomic E-state index is 0.139. The van der Waals surface area contributed by atoms with Crippen LogP contribution in [0.2, 0.25) is 0 Å². The quantitative estimate of drug-likeness (QED) is 0.567. The summed E-state index contributed by atoms with van der Waals surface area (Å²) in [5.74, 6) is 1.69. The molecule has 0 aliphatic carbocycles. The van der Waals surface area contributed by atoms with Gasteiger partial charge in [0.2, 0.25) is 6.79 Å². The molecule has 0 atom stereocenters. The van der Waals surface area contributed by atoms with Crippen molar-refractivity contribution in [2.24, 2.45) is 0 Å². The Balaban J connectivity index is 1.43. The predicted molar refractivity (Wildman–Crippen MR) is 113 cm³/mol. The first-order chi connectivity index (χ1) is 14.0. The third kappa shape index (κ3) is 4.20. The zero-order chi connectivity index (χ0) is 20.4. The summed E-state index contributed by atoms with van der Waals surface area (Å²) in [5.41, 5.74) is 5.25. The standard InChI is InChI=1S/C24H26N2O3/c1-17-11-21(18(2)26(17)14-19-7-5-4-6-8-19)22(27)15-25(3)13-20-9-10-23-24(12-20)29-16-28-23/h4-12H,13-16H2,1-3H3. The van der Waals surface area contributed by atoms with Gasteiger partial charge in [-0.05, 0) is 50.2 Å². The van der Waals surface area contributed by atoms with E-state index in [1.807, 2.05) is 61.3 Å². The van der Waals surface area contributed by atoms with Gasteiger partial charge in [-0.3, -0.25) is 9.69 Å². The van der Waals surface area contributed by atoms with Crippen LogP contribution in [0.5, 0.6) is 11.5 Å². The Morgan fingerprint density at radius 1 is 1.00 bits per heavy atom. The van der Waals surface area contributed by atoms with E-state index < -0.39 is 0 Å². The van der Waals surface area contributed by atoms with E-state index in [0.29, 0.717) is 13.1 Å². The lowest BCUT2D eigenvalue weighted by Crippen LogP contribution is -2.26. The number of ketones is 1. The van der Waals surface area contributed by atoms with Crippen LogP contribution in [-0.4, -0.2) is 35.6 Å². The van der Waals surface area contributed by atoms with Crippen molar-refractivity contribution in [1.29, 1.82) is 0 Å². The highest BCUT2D eigenvalue weighted by Crippen LogP contribution is 2.32. The number of aryl methyl sites for hydroxylation is 1. The highest BCUT2D eigenvalue weighted by Gasteiger charge is 2.18. The highest BCUT2D eigenvalue weighted by atomic mass is 16.7. The van der Waals surface area contributed by atoms with Gasteiger partial charge >= 0.3 is 0 Å². The number of hydrogen-bond acceptors (Lipinski definition) is 4. The van der Waals surface area contributed by atoms with Crippen molar-refractivity contribution < 1.29 is 14.3 Å². The maximum absolute atomic E-state index is 13.0. The number of rotatable bonds is 7. The van der Waals surface area contributed by atoms with Gasteiger partial charge in [-0.25, -0.2) is 0 Å². The number of benzene rings is 2. The van der Waals surface area contributed by atoms with Crippen LogP contribution in [0.15, 0.2) is 54.6 Å². The van der Waals surface area contributed by atoms with E-state index in [0.717, 1.165) is 40.6 Å². The number of nitrogens with zero attached hydrogens (tertiary/aromatic N) is 2. The molecule has 1 aliphatic heterocycles. The van der Waals surface area contributed by atoms with Gasteiger partial charge in [-0.1, -0.05) is 36.4 Å². The Morgan fingerprint density at radius 3 is 2.55 bits per heavy atom. The molecular weight excluding hydrogens is 364 g/mol. The molecule has 0 amide bonds. The lowest BCUT2D eigenvalue weighted by atomic mass is 10.1. The number of carbonyl (C=O) groups is 1. The van der Waals surface area contributed by atoms with Crippen molar-refractivity contribution >= 4 is 5.78 Å². The number of ether oxygens (including phenoxy) is 2. The average Bonchev–Trinajstić information content (AvgIpc) is 3.28. The van der Waals surface area contributed by atoms with E-state index in [2.05, 4.69) is 23.6 Å². The predicted octanol–water partition coefficient (Wildman–Crippen LogP) is 4.20. The summed E-state index contributed by atoms with van der Waals surface area (Å²) in [6.45, 7) is 6.17. The molecule has 0 unspecified atom stereocenters. The third-order valence-corrected chi connectivity index (χ3v) is 5.36. The zero-order valence-corrected chi connectivity index (χ0v) is 17.1. The van der Waals surface area contributed by atoms with E-state index >= 15 is 0 Å². The van der Waals surface area contributed by atoms with Crippen molar-refractivity contribution in [2.75, 3.05) is 20.4 Å². The molecule has 3 aromatic rings. The van der Waals surface area contributed by atoms with Crippen LogP contribution >= 0.6 is 0 Å². The van der Waals surface area contributed by atoms with E-state index in [-0.39, 0.29) is 12.6 Å². The second kappa shape index (κ2) is 8.13. The first-order valence-electron chi connectivity index (χ1n) is 9.82. The Morgan fingerprint density at radius 2 is 1.76 bits per heavy atom. The van der Waals surface area contributed by atoms with Gasteiger partial charge in [0.15, 0.2) is 17.3 Å². The van der Waals surface area contributed by atoms with Gasteiger partial charge in [-0.2, -0.15) is 0 Å². The first kappa shape index (κ1) is 19.3. The minimum atomic E-state index is 0.139. The Kier molecular flexibility index (Phi) is 5.41. The molecular formula is C24H26N2O3. The Hall–Kier alpha value is -3.05. The summed E-state index contributed by atoms with van der Waals surface area (Å²) < 4.78 is 13.0. The fourth-order valence-corrected chi connectivity index (χ4v) is 3.83.